The molecule has 1 saturated heterocycles. The Hall–Kier alpha value is -3.06. The minimum absolute atomic E-state index is 0.281. The molecule has 0 bridgehead atoms. The summed E-state index contributed by atoms with van der Waals surface area (Å²) >= 11 is 0. The third-order valence-corrected chi connectivity index (χ3v) is 4.08. The van der Waals surface area contributed by atoms with E-state index in [1.807, 2.05) is 36.4 Å². The third-order valence-electron chi connectivity index (χ3n) is 4.08. The van der Waals surface area contributed by atoms with Crippen molar-refractivity contribution in [2.24, 2.45) is 0 Å². The second-order valence-electron chi connectivity index (χ2n) is 5.74. The number of hydrogen-bond acceptors (Lipinski definition) is 6. The van der Waals surface area contributed by atoms with Crippen molar-refractivity contribution >= 4 is 28.3 Å². The number of hydrogen-bond donors (Lipinski definition) is 1. The van der Waals surface area contributed by atoms with Gasteiger partial charge in [0.25, 0.3) is 5.91 Å². The van der Waals surface area contributed by atoms with Crippen LogP contribution < -0.4 is 10.2 Å². The van der Waals surface area contributed by atoms with Gasteiger partial charge < -0.3 is 15.0 Å². The van der Waals surface area contributed by atoms with Crippen LogP contribution in [-0.2, 0) is 4.74 Å². The number of anilines is 2. The molecular formula is C18H17N5O2. The summed E-state index contributed by atoms with van der Waals surface area (Å²) in [5, 5.41) is 12.0. The molecule has 1 aliphatic heterocycles. The van der Waals surface area contributed by atoms with Gasteiger partial charge in [-0.3, -0.25) is 9.78 Å². The molecule has 1 N–H and O–H groups in total. The van der Waals surface area contributed by atoms with Crippen molar-refractivity contribution in [3.63, 3.8) is 0 Å². The lowest BCUT2D eigenvalue weighted by Crippen LogP contribution is -2.37. The van der Waals surface area contributed by atoms with E-state index in [0.717, 1.165) is 29.8 Å². The SMILES string of the molecule is O=C(Nc1ccc2ncccc2c1)c1ccc(N2CCOCC2)nn1. The van der Waals surface area contributed by atoms with Gasteiger partial charge in [0.2, 0.25) is 0 Å². The van der Waals surface area contributed by atoms with Crippen molar-refractivity contribution in [2.75, 3.05) is 36.5 Å². The van der Waals surface area contributed by atoms with E-state index in [9.17, 15) is 4.79 Å². The monoisotopic (exact) mass is 335 g/mol. The molecule has 4 rings (SSSR count). The predicted molar refractivity (Wildman–Crippen MR) is 94.8 cm³/mol. The normalized spacial score (nSPS) is 14.5. The van der Waals surface area contributed by atoms with E-state index in [-0.39, 0.29) is 11.6 Å². The van der Waals surface area contributed by atoms with Crippen LogP contribution in [0.3, 0.4) is 0 Å². The van der Waals surface area contributed by atoms with Crippen molar-refractivity contribution in [2.45, 2.75) is 0 Å². The summed E-state index contributed by atoms with van der Waals surface area (Å²) < 4.78 is 5.32. The zero-order valence-corrected chi connectivity index (χ0v) is 13.6. The molecule has 3 aromatic rings. The summed E-state index contributed by atoms with van der Waals surface area (Å²) in [5.41, 5.74) is 1.86. The van der Waals surface area contributed by atoms with Crippen LogP contribution in [0.15, 0.2) is 48.7 Å². The smallest absolute Gasteiger partial charge is 0.276 e. The molecular weight excluding hydrogens is 318 g/mol. The van der Waals surface area contributed by atoms with Gasteiger partial charge in [0.1, 0.15) is 0 Å². The molecule has 0 aliphatic carbocycles. The second-order valence-corrected chi connectivity index (χ2v) is 5.74. The molecule has 7 nitrogen and oxygen atoms in total. The number of pyridine rings is 1. The fourth-order valence-corrected chi connectivity index (χ4v) is 2.76. The summed E-state index contributed by atoms with van der Waals surface area (Å²) in [4.78, 5) is 18.7. The van der Waals surface area contributed by atoms with E-state index in [1.165, 1.54) is 0 Å². The van der Waals surface area contributed by atoms with Crippen LogP contribution in [0.25, 0.3) is 10.9 Å². The zero-order chi connectivity index (χ0) is 17.1. The van der Waals surface area contributed by atoms with Gasteiger partial charge in [-0.15, -0.1) is 10.2 Å². The fraction of sp³-hybridized carbons (Fsp3) is 0.222. The van der Waals surface area contributed by atoms with Crippen LogP contribution in [0.1, 0.15) is 10.5 Å². The maximum Gasteiger partial charge on any atom is 0.276 e. The lowest BCUT2D eigenvalue weighted by molar-refractivity contribution is 0.102. The number of morpholine rings is 1. The molecule has 1 aromatic carbocycles. The van der Waals surface area contributed by atoms with Gasteiger partial charge in [0, 0.05) is 30.4 Å². The Morgan fingerprint density at radius 3 is 2.76 bits per heavy atom. The molecule has 7 heteroatoms. The van der Waals surface area contributed by atoms with Crippen LogP contribution in [-0.4, -0.2) is 47.4 Å². The first-order valence-corrected chi connectivity index (χ1v) is 8.12. The standard InChI is InChI=1S/C18H17N5O2/c24-18(20-14-3-4-15-13(12-14)2-1-7-19-15)16-5-6-17(22-21-16)23-8-10-25-11-9-23/h1-7,12H,8-11H2,(H,20,24). The van der Waals surface area contributed by atoms with Crippen molar-refractivity contribution in [3.8, 4) is 0 Å². The summed E-state index contributed by atoms with van der Waals surface area (Å²) in [7, 11) is 0. The summed E-state index contributed by atoms with van der Waals surface area (Å²) in [6.07, 6.45) is 1.74. The Kier molecular flexibility index (Phi) is 4.22. The number of amides is 1. The highest BCUT2D eigenvalue weighted by atomic mass is 16.5. The summed E-state index contributed by atoms with van der Waals surface area (Å²) in [5.74, 6) is 0.473. The first kappa shape index (κ1) is 15.5. The highest BCUT2D eigenvalue weighted by molar-refractivity contribution is 6.03. The number of benzene rings is 1. The lowest BCUT2D eigenvalue weighted by atomic mass is 10.2. The quantitative estimate of drug-likeness (QED) is 0.790. The minimum atomic E-state index is -0.288. The van der Waals surface area contributed by atoms with E-state index in [0.29, 0.717) is 18.9 Å². The molecule has 1 amide bonds. The van der Waals surface area contributed by atoms with Crippen LogP contribution in [0.4, 0.5) is 11.5 Å². The number of nitrogens with zero attached hydrogens (tertiary/aromatic N) is 4. The van der Waals surface area contributed by atoms with E-state index in [1.54, 1.807) is 12.3 Å². The first-order valence-electron chi connectivity index (χ1n) is 8.12. The average Bonchev–Trinajstić information content (AvgIpc) is 2.69. The number of fused-ring (bicyclic) bond motifs is 1. The molecule has 0 saturated carbocycles. The van der Waals surface area contributed by atoms with Gasteiger partial charge >= 0.3 is 0 Å². The molecule has 3 heterocycles. The van der Waals surface area contributed by atoms with Crippen molar-refractivity contribution in [3.05, 3.63) is 54.4 Å². The first-order chi connectivity index (χ1) is 12.3. The van der Waals surface area contributed by atoms with E-state index >= 15 is 0 Å². The minimum Gasteiger partial charge on any atom is -0.378 e. The molecule has 1 aliphatic rings. The highest BCUT2D eigenvalue weighted by Crippen LogP contribution is 2.18. The lowest BCUT2D eigenvalue weighted by Gasteiger charge is -2.27. The maximum absolute atomic E-state index is 12.4. The third kappa shape index (κ3) is 3.41. The van der Waals surface area contributed by atoms with Gasteiger partial charge in [-0.2, -0.15) is 0 Å². The molecule has 25 heavy (non-hydrogen) atoms. The summed E-state index contributed by atoms with van der Waals surface area (Å²) in [6, 6.07) is 12.9. The zero-order valence-electron chi connectivity index (χ0n) is 13.6. The molecule has 1 fully saturated rings. The molecule has 0 atom stereocenters. The predicted octanol–water partition coefficient (Wildman–Crippen LogP) is 2.11. The Bertz CT molecular complexity index is 891. The number of ether oxygens (including phenoxy) is 1. The largest absolute Gasteiger partial charge is 0.378 e. The number of nitrogens with one attached hydrogen (secondary N) is 1. The van der Waals surface area contributed by atoms with E-state index in [4.69, 9.17) is 4.74 Å². The Morgan fingerprint density at radius 1 is 1.08 bits per heavy atom. The second kappa shape index (κ2) is 6.82. The molecule has 0 spiro atoms. The van der Waals surface area contributed by atoms with E-state index in [2.05, 4.69) is 25.4 Å². The Labute approximate surface area is 144 Å². The molecule has 126 valence electrons. The van der Waals surface area contributed by atoms with Gasteiger partial charge in [-0.1, -0.05) is 6.07 Å². The highest BCUT2D eigenvalue weighted by Gasteiger charge is 2.14. The van der Waals surface area contributed by atoms with Crippen molar-refractivity contribution < 1.29 is 9.53 Å². The fourth-order valence-electron chi connectivity index (χ4n) is 2.76. The van der Waals surface area contributed by atoms with Crippen molar-refractivity contribution in [1.29, 1.82) is 0 Å². The van der Waals surface area contributed by atoms with Crippen LogP contribution in [0.2, 0.25) is 0 Å². The maximum atomic E-state index is 12.4. The Morgan fingerprint density at radius 2 is 1.96 bits per heavy atom. The van der Waals surface area contributed by atoms with Crippen molar-refractivity contribution in [1.82, 2.24) is 15.2 Å². The Balaban J connectivity index is 1.48. The topological polar surface area (TPSA) is 80.2 Å². The van der Waals surface area contributed by atoms with Crippen LogP contribution in [0, 0.1) is 0 Å². The molecule has 2 aromatic heterocycles. The van der Waals surface area contributed by atoms with Crippen LogP contribution >= 0.6 is 0 Å². The number of carbonyl (C=O) groups excluding carboxylic acids is 1. The van der Waals surface area contributed by atoms with Gasteiger partial charge in [0.05, 0.1) is 18.7 Å². The number of carbonyl (C=O) groups is 1. The van der Waals surface area contributed by atoms with Crippen LogP contribution in [0.5, 0.6) is 0 Å². The summed E-state index contributed by atoms with van der Waals surface area (Å²) in [6.45, 7) is 2.93. The molecule has 0 radical (unpaired) electrons. The van der Waals surface area contributed by atoms with E-state index < -0.39 is 0 Å². The molecule has 0 unspecified atom stereocenters. The van der Waals surface area contributed by atoms with Gasteiger partial charge in [-0.05, 0) is 36.4 Å². The average molecular weight is 335 g/mol. The van der Waals surface area contributed by atoms with Gasteiger partial charge in [-0.25, -0.2) is 0 Å². The number of rotatable bonds is 3. The number of aromatic nitrogens is 3. The van der Waals surface area contributed by atoms with Gasteiger partial charge in [0.15, 0.2) is 11.5 Å².